The Bertz CT molecular complexity index is 1010. The van der Waals surface area contributed by atoms with Crippen LogP contribution in [0.5, 0.6) is 0 Å². The van der Waals surface area contributed by atoms with Crippen molar-refractivity contribution in [3.63, 3.8) is 0 Å². The number of rotatable bonds is 3. The molecule has 128 valence electrons. The summed E-state index contributed by atoms with van der Waals surface area (Å²) in [4.78, 5) is 26.1. The van der Waals surface area contributed by atoms with Crippen molar-refractivity contribution in [3.05, 3.63) is 56.0 Å². The first kappa shape index (κ1) is 16.0. The van der Waals surface area contributed by atoms with Crippen LogP contribution in [0.2, 0.25) is 0 Å². The summed E-state index contributed by atoms with van der Waals surface area (Å²) in [5.41, 5.74) is 1.93. The van der Waals surface area contributed by atoms with Crippen LogP contribution in [0.25, 0.3) is 10.9 Å². The fraction of sp³-hybridized carbons (Fsp3) is 0.333. The van der Waals surface area contributed by atoms with Gasteiger partial charge in [-0.2, -0.15) is 4.68 Å². The quantitative estimate of drug-likeness (QED) is 0.676. The van der Waals surface area contributed by atoms with Gasteiger partial charge in [0.25, 0.3) is 5.56 Å². The highest BCUT2D eigenvalue weighted by Gasteiger charge is 2.24. The number of ether oxygens (including phenoxy) is 1. The van der Waals surface area contributed by atoms with Gasteiger partial charge in [-0.3, -0.25) is 4.79 Å². The van der Waals surface area contributed by atoms with E-state index < -0.39 is 5.97 Å². The molecule has 2 heterocycles. The van der Waals surface area contributed by atoms with Gasteiger partial charge < -0.3 is 4.74 Å². The number of aromatic nitrogens is 3. The lowest BCUT2D eigenvalue weighted by molar-refractivity contribution is 0.0335. The summed E-state index contributed by atoms with van der Waals surface area (Å²) < 4.78 is 6.39. The van der Waals surface area contributed by atoms with Crippen molar-refractivity contribution < 1.29 is 9.53 Å². The summed E-state index contributed by atoms with van der Waals surface area (Å²) in [7, 11) is 0. The summed E-state index contributed by atoms with van der Waals surface area (Å²) in [6.07, 6.45) is 3.00. The van der Waals surface area contributed by atoms with Crippen molar-refractivity contribution in [2.75, 3.05) is 0 Å². The number of carbonyl (C=O) groups excluding carboxylic acids is 1. The zero-order valence-corrected chi connectivity index (χ0v) is 14.6. The number of fused-ring (bicyclic) bond motifs is 2. The lowest BCUT2D eigenvalue weighted by Gasteiger charge is -2.18. The molecule has 0 saturated carbocycles. The van der Waals surface area contributed by atoms with Crippen molar-refractivity contribution in [1.82, 2.24) is 15.0 Å². The van der Waals surface area contributed by atoms with Crippen molar-refractivity contribution >= 4 is 28.2 Å². The Morgan fingerprint density at radius 1 is 1.40 bits per heavy atom. The minimum Gasteiger partial charge on any atom is -0.439 e. The van der Waals surface area contributed by atoms with Crippen LogP contribution >= 0.6 is 11.3 Å². The normalized spacial score (nSPS) is 16.6. The Morgan fingerprint density at radius 3 is 3.12 bits per heavy atom. The van der Waals surface area contributed by atoms with Crippen LogP contribution in [0, 0.1) is 5.92 Å². The maximum atomic E-state index is 12.4. The van der Waals surface area contributed by atoms with Crippen LogP contribution in [0.3, 0.4) is 0 Å². The molecular formula is C18H17N3O3S. The Kier molecular flexibility index (Phi) is 4.09. The first-order chi connectivity index (χ1) is 12.1. The van der Waals surface area contributed by atoms with Crippen molar-refractivity contribution in [3.8, 4) is 0 Å². The number of thiophene rings is 1. The molecule has 1 unspecified atom stereocenters. The van der Waals surface area contributed by atoms with Crippen LogP contribution in [0.1, 0.15) is 34.1 Å². The minimum absolute atomic E-state index is 0.240. The van der Waals surface area contributed by atoms with Crippen LogP contribution in [0.4, 0.5) is 0 Å². The predicted octanol–water partition coefficient (Wildman–Crippen LogP) is 2.79. The fourth-order valence-electron chi connectivity index (χ4n) is 3.15. The Hall–Kier alpha value is -2.54. The van der Waals surface area contributed by atoms with E-state index >= 15 is 0 Å². The van der Waals surface area contributed by atoms with E-state index in [9.17, 15) is 9.59 Å². The SMILES string of the molecule is CC1CCc2c(C(=O)OCn3nnc4ccccc4c3=O)csc2C1. The maximum absolute atomic E-state index is 12.4. The van der Waals surface area contributed by atoms with Gasteiger partial charge >= 0.3 is 5.97 Å². The third-order valence-electron chi connectivity index (χ3n) is 4.57. The molecule has 1 aromatic carbocycles. The second-order valence-electron chi connectivity index (χ2n) is 6.37. The van der Waals surface area contributed by atoms with Crippen molar-refractivity contribution in [2.24, 2.45) is 5.92 Å². The molecule has 0 spiro atoms. The molecule has 1 aliphatic carbocycles. The van der Waals surface area contributed by atoms with E-state index in [1.807, 2.05) is 5.38 Å². The van der Waals surface area contributed by atoms with Gasteiger partial charge in [0, 0.05) is 10.3 Å². The lowest BCUT2D eigenvalue weighted by Crippen LogP contribution is -2.26. The Morgan fingerprint density at radius 2 is 2.24 bits per heavy atom. The summed E-state index contributed by atoms with van der Waals surface area (Å²) >= 11 is 1.61. The monoisotopic (exact) mass is 355 g/mol. The maximum Gasteiger partial charge on any atom is 0.341 e. The van der Waals surface area contributed by atoms with Gasteiger partial charge in [0.2, 0.25) is 0 Å². The Labute approximate surface area is 148 Å². The number of hydrogen-bond acceptors (Lipinski definition) is 6. The van der Waals surface area contributed by atoms with E-state index in [1.54, 1.807) is 35.6 Å². The highest BCUT2D eigenvalue weighted by Crippen LogP contribution is 2.33. The minimum atomic E-state index is -0.408. The summed E-state index contributed by atoms with van der Waals surface area (Å²) in [5.74, 6) is 0.246. The van der Waals surface area contributed by atoms with Crippen molar-refractivity contribution in [2.45, 2.75) is 32.9 Å². The average molecular weight is 355 g/mol. The predicted molar refractivity (Wildman–Crippen MR) is 94.7 cm³/mol. The zero-order valence-electron chi connectivity index (χ0n) is 13.8. The van der Waals surface area contributed by atoms with E-state index in [2.05, 4.69) is 17.2 Å². The van der Waals surface area contributed by atoms with Gasteiger partial charge in [0.05, 0.1) is 10.9 Å². The van der Waals surface area contributed by atoms with E-state index in [0.717, 1.165) is 29.5 Å². The molecule has 0 bridgehead atoms. The molecule has 0 amide bonds. The number of carbonyl (C=O) groups is 1. The smallest absolute Gasteiger partial charge is 0.341 e. The van der Waals surface area contributed by atoms with Gasteiger partial charge in [-0.15, -0.1) is 16.4 Å². The number of benzene rings is 1. The first-order valence-electron chi connectivity index (χ1n) is 8.22. The second-order valence-corrected chi connectivity index (χ2v) is 7.34. The molecule has 1 atom stereocenters. The lowest BCUT2D eigenvalue weighted by atomic mass is 9.88. The van der Waals surface area contributed by atoms with Crippen molar-refractivity contribution in [1.29, 1.82) is 0 Å². The van der Waals surface area contributed by atoms with Gasteiger partial charge in [-0.25, -0.2) is 4.79 Å². The highest BCUT2D eigenvalue weighted by atomic mass is 32.1. The molecule has 7 heteroatoms. The van der Waals surface area contributed by atoms with Crippen LogP contribution in [0.15, 0.2) is 34.4 Å². The van der Waals surface area contributed by atoms with Gasteiger partial charge in [-0.05, 0) is 42.9 Å². The first-order valence-corrected chi connectivity index (χ1v) is 9.10. The zero-order chi connectivity index (χ0) is 17.4. The van der Waals surface area contributed by atoms with E-state index in [-0.39, 0.29) is 12.3 Å². The molecule has 0 saturated heterocycles. The number of hydrogen-bond donors (Lipinski definition) is 0. The van der Waals surface area contributed by atoms with Gasteiger partial charge in [-0.1, -0.05) is 24.3 Å². The van der Waals surface area contributed by atoms with E-state index in [4.69, 9.17) is 4.74 Å². The third-order valence-corrected chi connectivity index (χ3v) is 5.62. The molecule has 2 aromatic heterocycles. The fourth-order valence-corrected chi connectivity index (χ4v) is 4.39. The molecule has 0 aliphatic heterocycles. The number of nitrogens with zero attached hydrogens (tertiary/aromatic N) is 3. The van der Waals surface area contributed by atoms with Crippen LogP contribution in [-0.4, -0.2) is 21.0 Å². The van der Waals surface area contributed by atoms with Gasteiger partial charge in [0.1, 0.15) is 5.52 Å². The summed E-state index contributed by atoms with van der Waals surface area (Å²) in [6.45, 7) is 1.99. The van der Waals surface area contributed by atoms with Crippen LogP contribution in [-0.2, 0) is 24.3 Å². The second kappa shape index (κ2) is 6.40. The molecule has 4 rings (SSSR count). The van der Waals surface area contributed by atoms with E-state index in [0.29, 0.717) is 22.4 Å². The standard InChI is InChI=1S/C18H17N3O3S/c1-11-6-7-12-14(9-25-16(12)8-11)18(23)24-10-21-17(22)13-4-2-3-5-15(13)19-20-21/h2-5,9,11H,6-8,10H2,1H3. The summed E-state index contributed by atoms with van der Waals surface area (Å²) in [5, 5.41) is 10.1. The van der Waals surface area contributed by atoms with E-state index in [1.165, 1.54) is 4.88 Å². The highest BCUT2D eigenvalue weighted by molar-refractivity contribution is 7.10. The third kappa shape index (κ3) is 2.95. The average Bonchev–Trinajstić information content (AvgIpc) is 3.04. The largest absolute Gasteiger partial charge is 0.439 e. The molecule has 0 radical (unpaired) electrons. The number of esters is 1. The Balaban J connectivity index is 1.53. The molecule has 0 N–H and O–H groups in total. The molecular weight excluding hydrogens is 338 g/mol. The summed E-state index contributed by atoms with van der Waals surface area (Å²) in [6, 6.07) is 6.96. The molecule has 6 nitrogen and oxygen atoms in total. The molecule has 3 aromatic rings. The molecule has 1 aliphatic rings. The van der Waals surface area contributed by atoms with Crippen LogP contribution < -0.4 is 5.56 Å². The molecule has 25 heavy (non-hydrogen) atoms. The topological polar surface area (TPSA) is 74.1 Å². The van der Waals surface area contributed by atoms with Gasteiger partial charge in [0.15, 0.2) is 6.73 Å². The molecule has 0 fully saturated rings.